The van der Waals surface area contributed by atoms with Crippen LogP contribution in [0, 0.1) is 0 Å². The van der Waals surface area contributed by atoms with Crippen LogP contribution in [0.15, 0.2) is 0 Å². The van der Waals surface area contributed by atoms with Gasteiger partial charge in [0.05, 0.1) is 0 Å². The molecule has 0 aliphatic rings. The van der Waals surface area contributed by atoms with E-state index in [0.717, 1.165) is 0 Å². The topological polar surface area (TPSA) is 51.2 Å². The summed E-state index contributed by atoms with van der Waals surface area (Å²) < 4.78 is 25.3. The van der Waals surface area contributed by atoms with Crippen LogP contribution in [-0.2, 0) is 27.3 Å². The molecule has 3 nitrogen and oxygen atoms in total. The van der Waals surface area contributed by atoms with Crippen LogP contribution in [-0.4, -0.2) is 22.5 Å². The van der Waals surface area contributed by atoms with Crippen molar-refractivity contribution >= 4 is 22.5 Å². The standard InChI is InChI=1S/3O.Ru.Sn. The van der Waals surface area contributed by atoms with Crippen LogP contribution in [0.2, 0.25) is 0 Å². The van der Waals surface area contributed by atoms with Gasteiger partial charge in [-0.2, -0.15) is 0 Å². The molecule has 0 heterocycles. The Kier molecular flexibility index (Phi) is 39.3. The van der Waals surface area contributed by atoms with Crippen molar-refractivity contribution in [1.29, 1.82) is 0 Å². The molecule has 0 aromatic carbocycles. The fourth-order valence-corrected chi connectivity index (χ4v) is 0. The first-order chi connectivity index (χ1) is 2.41. The van der Waals surface area contributed by atoms with Gasteiger partial charge in [-0.25, -0.2) is 0 Å². The monoisotopic (exact) mass is 270 g/mol. The molecule has 5 heteroatoms. The first kappa shape index (κ1) is 9.27. The molecule has 0 saturated carbocycles. The number of hydrogen-bond acceptors (Lipinski definition) is 3. The zero-order valence-corrected chi connectivity index (χ0v) is 6.67. The summed E-state index contributed by atoms with van der Waals surface area (Å²) in [6.45, 7) is 0. The van der Waals surface area contributed by atoms with Crippen LogP contribution in [0.1, 0.15) is 0 Å². The van der Waals surface area contributed by atoms with E-state index < -0.39 is 17.0 Å². The Labute approximate surface area is 49.7 Å². The van der Waals surface area contributed by atoms with Crippen molar-refractivity contribution in [3.8, 4) is 0 Å². The average molecular weight is 268 g/mol. The summed E-state index contributed by atoms with van der Waals surface area (Å²) in [7, 11) is 0. The van der Waals surface area contributed by atoms with E-state index in [1.165, 1.54) is 0 Å². The van der Waals surface area contributed by atoms with E-state index in [-0.39, 0.29) is 0 Å². The molecule has 0 N–H and O–H groups in total. The normalized spacial score (nSPS) is 4.00. The van der Waals surface area contributed by atoms with Gasteiger partial charge < -0.3 is 0 Å². The van der Waals surface area contributed by atoms with Gasteiger partial charge in [0.1, 0.15) is 0 Å². The second-order valence-corrected chi connectivity index (χ2v) is 0.349. The molecule has 0 atom stereocenters. The van der Waals surface area contributed by atoms with Crippen LogP contribution < -0.4 is 0 Å². The third kappa shape index (κ3) is 56.8. The zero-order chi connectivity index (χ0) is 4.71. The molecule has 0 aromatic rings. The van der Waals surface area contributed by atoms with Gasteiger partial charge in [0, 0.05) is 0 Å². The van der Waals surface area contributed by atoms with E-state index in [4.69, 9.17) is 10.2 Å². The van der Waals surface area contributed by atoms with Crippen molar-refractivity contribution in [2.75, 3.05) is 0 Å². The van der Waals surface area contributed by atoms with E-state index >= 15 is 0 Å². The van der Waals surface area contributed by atoms with Gasteiger partial charge in [0.2, 0.25) is 0 Å². The molecule has 0 aromatic heterocycles. The first-order valence-corrected chi connectivity index (χ1v) is 3.08. The molecule has 0 spiro atoms. The number of rotatable bonds is 0. The summed E-state index contributed by atoms with van der Waals surface area (Å²) in [6, 6.07) is 0. The summed E-state index contributed by atoms with van der Waals surface area (Å²) in [5.74, 6) is 0. The van der Waals surface area contributed by atoms with Crippen LogP contribution in [0.25, 0.3) is 0 Å². The van der Waals surface area contributed by atoms with E-state index in [9.17, 15) is 0 Å². The molecular weight excluding hydrogens is 268 g/mol. The van der Waals surface area contributed by atoms with Gasteiger partial charge in [0.25, 0.3) is 0 Å². The third-order valence-corrected chi connectivity index (χ3v) is 0. The molecule has 2 radical (unpaired) electrons. The minimum absolute atomic E-state index is 0.300. The van der Waals surface area contributed by atoms with Crippen molar-refractivity contribution in [1.82, 2.24) is 0 Å². The summed E-state index contributed by atoms with van der Waals surface area (Å²) in [5.41, 5.74) is 0. The van der Waals surface area contributed by atoms with Gasteiger partial charge in [-0.1, -0.05) is 0 Å². The summed E-state index contributed by atoms with van der Waals surface area (Å²) in [5, 5.41) is 0. The maximum absolute atomic E-state index is 8.46. The van der Waals surface area contributed by atoms with Crippen molar-refractivity contribution in [3.63, 3.8) is 0 Å². The Morgan fingerprint density at radius 1 is 1.20 bits per heavy atom. The summed E-state index contributed by atoms with van der Waals surface area (Å²) >= 11 is -1.49. The molecule has 0 bridgehead atoms. The second kappa shape index (κ2) is 21.2. The van der Waals surface area contributed by atoms with E-state index in [2.05, 4.69) is 0 Å². The van der Waals surface area contributed by atoms with Crippen molar-refractivity contribution < 1.29 is 27.3 Å². The molecule has 0 unspecified atom stereocenters. The van der Waals surface area contributed by atoms with E-state index in [0.29, 0.717) is 22.5 Å². The van der Waals surface area contributed by atoms with E-state index in [1.807, 2.05) is 0 Å². The Bertz CT molecular complexity index is 36.2. The maximum atomic E-state index is 8.46. The first-order valence-electron chi connectivity index (χ1n) is 0.493. The molecule has 0 aliphatic heterocycles. The SMILES string of the molecule is [O]=[Ru]=[O].[O]=[Sn]. The summed E-state index contributed by atoms with van der Waals surface area (Å²) in [6.07, 6.45) is 0. The molecular formula is O3RuSn. The summed E-state index contributed by atoms with van der Waals surface area (Å²) in [4.78, 5) is 0. The molecule has 30 valence electrons. The molecule has 0 aliphatic carbocycles. The van der Waals surface area contributed by atoms with E-state index in [1.54, 1.807) is 0 Å². The Balaban J connectivity index is 0. The van der Waals surface area contributed by atoms with Crippen molar-refractivity contribution in [3.05, 3.63) is 0 Å². The molecule has 5 heavy (non-hydrogen) atoms. The molecule has 0 fully saturated rings. The zero-order valence-electron chi connectivity index (χ0n) is 2.08. The van der Waals surface area contributed by atoms with Crippen LogP contribution in [0.5, 0.6) is 0 Å². The predicted molar refractivity (Wildman–Crippen MR) is 7.81 cm³/mol. The number of hydrogen-bond donors (Lipinski definition) is 0. The molecule has 0 saturated heterocycles. The fraction of sp³-hybridized carbons (Fsp3) is 0. The third-order valence-electron chi connectivity index (χ3n) is 0. The predicted octanol–water partition coefficient (Wildman–Crippen LogP) is -0.740. The molecule has 0 amide bonds. The van der Waals surface area contributed by atoms with Crippen molar-refractivity contribution in [2.24, 2.45) is 0 Å². The van der Waals surface area contributed by atoms with Crippen LogP contribution in [0.3, 0.4) is 0 Å². The van der Waals surface area contributed by atoms with Gasteiger partial charge in [-0.15, -0.1) is 0 Å². The van der Waals surface area contributed by atoms with Gasteiger partial charge in [0.15, 0.2) is 0 Å². The van der Waals surface area contributed by atoms with Gasteiger partial charge >= 0.3 is 49.8 Å². The van der Waals surface area contributed by atoms with Crippen LogP contribution in [0.4, 0.5) is 0 Å². The minimum atomic E-state index is -1.79. The molecule has 0 rings (SSSR count). The van der Waals surface area contributed by atoms with Crippen molar-refractivity contribution in [2.45, 2.75) is 0 Å². The van der Waals surface area contributed by atoms with Crippen LogP contribution >= 0.6 is 0 Å². The quantitative estimate of drug-likeness (QED) is 0.544. The Morgan fingerprint density at radius 3 is 1.20 bits per heavy atom. The van der Waals surface area contributed by atoms with Gasteiger partial charge in [-0.05, 0) is 0 Å². The van der Waals surface area contributed by atoms with Gasteiger partial charge in [-0.3, -0.25) is 0 Å². The Morgan fingerprint density at radius 2 is 1.20 bits per heavy atom. The Hall–Kier alpha value is 0.822. The second-order valence-electron chi connectivity index (χ2n) is 0.0589. The fourth-order valence-electron chi connectivity index (χ4n) is 0. The average Bonchev–Trinajstić information content (AvgIpc) is 1.46.